The summed E-state index contributed by atoms with van der Waals surface area (Å²) in [5.74, 6) is 0.00519. The fourth-order valence-corrected chi connectivity index (χ4v) is 2.62. The van der Waals surface area contributed by atoms with Gasteiger partial charge in [-0.2, -0.15) is 0 Å². The topological polar surface area (TPSA) is 49.6 Å². The Morgan fingerprint density at radius 3 is 2.21 bits per heavy atom. The van der Waals surface area contributed by atoms with E-state index in [1.54, 1.807) is 0 Å². The lowest BCUT2D eigenvalue weighted by Crippen LogP contribution is -2.50. The first kappa shape index (κ1) is 13.9. The van der Waals surface area contributed by atoms with Crippen molar-refractivity contribution in [2.75, 3.05) is 16.3 Å². The van der Waals surface area contributed by atoms with Crippen LogP contribution in [0.3, 0.4) is 0 Å². The number of nitrogens with zero attached hydrogens (tertiary/aromatic N) is 2. The second kappa shape index (κ2) is 5.21. The second-order valence-electron chi connectivity index (χ2n) is 5.64. The maximum absolute atomic E-state index is 12.5. The fraction of sp³-hybridized carbons (Fsp3) is 0.533. The van der Waals surface area contributed by atoms with Crippen molar-refractivity contribution in [3.63, 3.8) is 0 Å². The average molecular weight is 261 g/mol. The van der Waals surface area contributed by atoms with Crippen LogP contribution in [0, 0.1) is 0 Å². The van der Waals surface area contributed by atoms with E-state index < -0.39 is 6.04 Å². The molecular weight excluding hydrogens is 238 g/mol. The lowest BCUT2D eigenvalue weighted by Gasteiger charge is -2.30. The summed E-state index contributed by atoms with van der Waals surface area (Å²) in [6, 6.07) is 7.98. The van der Waals surface area contributed by atoms with E-state index in [-0.39, 0.29) is 11.9 Å². The van der Waals surface area contributed by atoms with E-state index in [1.807, 2.05) is 36.9 Å². The molecule has 1 aliphatic heterocycles. The van der Waals surface area contributed by atoms with Crippen LogP contribution in [0.25, 0.3) is 0 Å². The van der Waals surface area contributed by atoms with Gasteiger partial charge in [0.15, 0.2) is 0 Å². The molecule has 0 bridgehead atoms. The van der Waals surface area contributed by atoms with Gasteiger partial charge >= 0.3 is 0 Å². The summed E-state index contributed by atoms with van der Waals surface area (Å²) >= 11 is 0. The molecule has 0 saturated heterocycles. The Labute approximate surface area is 115 Å². The smallest absolute Gasteiger partial charge is 0.246 e. The van der Waals surface area contributed by atoms with Crippen molar-refractivity contribution in [2.24, 2.45) is 5.73 Å². The number of fused-ring (bicyclic) bond motifs is 1. The Balaban J connectivity index is 2.58. The number of amides is 1. The Kier molecular flexibility index (Phi) is 3.80. The van der Waals surface area contributed by atoms with Gasteiger partial charge in [0.25, 0.3) is 0 Å². The number of hydrogen-bond acceptors (Lipinski definition) is 3. The zero-order valence-corrected chi connectivity index (χ0v) is 12.1. The molecule has 0 radical (unpaired) electrons. The van der Waals surface area contributed by atoms with Crippen molar-refractivity contribution in [2.45, 2.75) is 45.8 Å². The van der Waals surface area contributed by atoms with Gasteiger partial charge in [-0.25, -0.2) is 0 Å². The number of hydrogen-bond donors (Lipinski definition) is 1. The molecule has 0 aromatic heterocycles. The van der Waals surface area contributed by atoms with Crippen molar-refractivity contribution < 1.29 is 4.79 Å². The van der Waals surface area contributed by atoms with E-state index in [1.165, 1.54) is 0 Å². The molecule has 1 atom stereocenters. The molecule has 0 fully saturated rings. The molecule has 1 aromatic rings. The minimum atomic E-state index is -0.475. The molecular formula is C15H23N3O. The summed E-state index contributed by atoms with van der Waals surface area (Å²) < 4.78 is 0. The third-order valence-corrected chi connectivity index (χ3v) is 3.54. The van der Waals surface area contributed by atoms with Gasteiger partial charge in [-0.3, -0.25) is 4.79 Å². The monoisotopic (exact) mass is 261 g/mol. The molecule has 104 valence electrons. The van der Waals surface area contributed by atoms with E-state index >= 15 is 0 Å². The molecule has 1 amide bonds. The van der Waals surface area contributed by atoms with Crippen LogP contribution >= 0.6 is 0 Å². The first-order valence-corrected chi connectivity index (χ1v) is 6.87. The lowest BCUT2D eigenvalue weighted by molar-refractivity contribution is -0.119. The second-order valence-corrected chi connectivity index (χ2v) is 5.64. The summed E-state index contributed by atoms with van der Waals surface area (Å²) in [5, 5.41) is 0. The molecule has 0 unspecified atom stereocenters. The maximum atomic E-state index is 12.5. The lowest BCUT2D eigenvalue weighted by atomic mass is 10.2. The predicted molar refractivity (Wildman–Crippen MR) is 79.5 cm³/mol. The predicted octanol–water partition coefficient (Wildman–Crippen LogP) is 1.98. The summed E-state index contributed by atoms with van der Waals surface area (Å²) in [5.41, 5.74) is 8.13. The highest BCUT2D eigenvalue weighted by Gasteiger charge is 2.33. The van der Waals surface area contributed by atoms with Crippen LogP contribution < -0.4 is 15.5 Å². The summed E-state index contributed by atoms with van der Waals surface area (Å²) in [4.78, 5) is 16.5. The largest absolute Gasteiger partial charge is 0.365 e. The SMILES string of the molecule is CC(C)N1C[C@@H](N)C(=O)N(C(C)C)c2ccccc21. The van der Waals surface area contributed by atoms with Gasteiger partial charge in [-0.1, -0.05) is 12.1 Å². The maximum Gasteiger partial charge on any atom is 0.246 e. The zero-order valence-electron chi connectivity index (χ0n) is 12.1. The van der Waals surface area contributed by atoms with Gasteiger partial charge in [0.05, 0.1) is 11.4 Å². The van der Waals surface area contributed by atoms with Crippen molar-refractivity contribution >= 4 is 17.3 Å². The number of carbonyl (C=O) groups is 1. The van der Waals surface area contributed by atoms with Crippen LogP contribution in [-0.4, -0.2) is 30.6 Å². The van der Waals surface area contributed by atoms with Crippen molar-refractivity contribution in [3.8, 4) is 0 Å². The van der Waals surface area contributed by atoms with Crippen LogP contribution in [0.15, 0.2) is 24.3 Å². The van der Waals surface area contributed by atoms with Crippen LogP contribution in [0.5, 0.6) is 0 Å². The number of para-hydroxylation sites is 2. The molecule has 4 heteroatoms. The average Bonchev–Trinajstić information content (AvgIpc) is 2.46. The number of rotatable bonds is 2. The van der Waals surface area contributed by atoms with Gasteiger partial charge in [-0.15, -0.1) is 0 Å². The molecule has 0 aliphatic carbocycles. The Hall–Kier alpha value is -1.55. The Morgan fingerprint density at radius 2 is 1.68 bits per heavy atom. The van der Waals surface area contributed by atoms with Gasteiger partial charge in [0.2, 0.25) is 5.91 Å². The first-order chi connectivity index (χ1) is 8.93. The first-order valence-electron chi connectivity index (χ1n) is 6.87. The minimum absolute atomic E-state index is 0.00519. The van der Waals surface area contributed by atoms with E-state index in [2.05, 4.69) is 24.8 Å². The quantitative estimate of drug-likeness (QED) is 0.885. The molecule has 2 rings (SSSR count). The molecule has 1 heterocycles. The van der Waals surface area contributed by atoms with Gasteiger partial charge in [0, 0.05) is 18.6 Å². The highest BCUT2D eigenvalue weighted by molar-refractivity contribution is 6.02. The molecule has 0 saturated carbocycles. The third-order valence-electron chi connectivity index (χ3n) is 3.54. The molecule has 0 spiro atoms. The van der Waals surface area contributed by atoms with E-state index in [0.29, 0.717) is 12.6 Å². The molecule has 1 aliphatic rings. The van der Waals surface area contributed by atoms with E-state index in [4.69, 9.17) is 5.73 Å². The summed E-state index contributed by atoms with van der Waals surface area (Å²) in [7, 11) is 0. The third kappa shape index (κ3) is 2.45. The number of benzene rings is 1. The fourth-order valence-electron chi connectivity index (χ4n) is 2.62. The van der Waals surface area contributed by atoms with Crippen molar-refractivity contribution in [3.05, 3.63) is 24.3 Å². The van der Waals surface area contributed by atoms with Crippen LogP contribution in [0.2, 0.25) is 0 Å². The molecule has 1 aromatic carbocycles. The molecule has 4 nitrogen and oxygen atoms in total. The number of nitrogens with two attached hydrogens (primary N) is 1. The molecule has 19 heavy (non-hydrogen) atoms. The standard InChI is InChI=1S/C15H23N3O/c1-10(2)17-9-12(16)15(19)18(11(3)4)14-8-6-5-7-13(14)17/h5-8,10-12H,9,16H2,1-4H3/t12-/m1/s1. The highest BCUT2D eigenvalue weighted by Crippen LogP contribution is 2.34. The zero-order chi connectivity index (χ0) is 14.2. The Morgan fingerprint density at radius 1 is 1.11 bits per heavy atom. The van der Waals surface area contributed by atoms with E-state index in [0.717, 1.165) is 11.4 Å². The van der Waals surface area contributed by atoms with Gasteiger partial charge in [-0.05, 0) is 39.8 Å². The van der Waals surface area contributed by atoms with Gasteiger partial charge in [0.1, 0.15) is 6.04 Å². The van der Waals surface area contributed by atoms with Gasteiger partial charge < -0.3 is 15.5 Å². The van der Waals surface area contributed by atoms with E-state index in [9.17, 15) is 4.79 Å². The normalized spacial score (nSPS) is 19.9. The van der Waals surface area contributed by atoms with Crippen molar-refractivity contribution in [1.82, 2.24) is 0 Å². The number of anilines is 2. The number of carbonyl (C=O) groups excluding carboxylic acids is 1. The van der Waals surface area contributed by atoms with Crippen molar-refractivity contribution in [1.29, 1.82) is 0 Å². The summed E-state index contributed by atoms with van der Waals surface area (Å²) in [6.45, 7) is 8.85. The highest BCUT2D eigenvalue weighted by atomic mass is 16.2. The summed E-state index contributed by atoms with van der Waals surface area (Å²) in [6.07, 6.45) is 0. The minimum Gasteiger partial charge on any atom is -0.365 e. The van der Waals surface area contributed by atoms with Crippen LogP contribution in [-0.2, 0) is 4.79 Å². The van der Waals surface area contributed by atoms with Crippen LogP contribution in [0.1, 0.15) is 27.7 Å². The van der Waals surface area contributed by atoms with Crippen LogP contribution in [0.4, 0.5) is 11.4 Å². The molecule has 2 N–H and O–H groups in total. The Bertz CT molecular complexity index is 470.